The van der Waals surface area contributed by atoms with Crippen molar-refractivity contribution in [1.82, 2.24) is 18.7 Å². The third-order valence-corrected chi connectivity index (χ3v) is 9.05. The van der Waals surface area contributed by atoms with E-state index in [0.29, 0.717) is 0 Å². The Kier molecular flexibility index (Phi) is 1.95. The molecule has 0 radical (unpaired) electrons. The van der Waals surface area contributed by atoms with Crippen LogP contribution in [-0.2, 0) is 0 Å². The predicted octanol–water partition coefficient (Wildman–Crippen LogP) is 0.707. The van der Waals surface area contributed by atoms with E-state index in [4.69, 9.17) is 0 Å². The molecule has 4 fully saturated rings. The van der Waals surface area contributed by atoms with Gasteiger partial charge in [-0.1, -0.05) is 0 Å². The Morgan fingerprint density at radius 1 is 0.467 bits per heavy atom. The van der Waals surface area contributed by atoms with Crippen LogP contribution in [0.2, 0.25) is 0 Å². The van der Waals surface area contributed by atoms with E-state index in [9.17, 15) is 0 Å². The van der Waals surface area contributed by atoms with Gasteiger partial charge in [-0.2, -0.15) is 0 Å². The Hall–Kier alpha value is 0.270. The van der Waals surface area contributed by atoms with Gasteiger partial charge in [0.15, 0.2) is 0 Å². The second-order valence-corrected chi connectivity index (χ2v) is 8.39. The molecule has 84 valence electrons. The Balaban J connectivity index is 1.81. The molecule has 0 aromatic carbocycles. The first-order valence-corrected chi connectivity index (χ1v) is 7.93. The molecule has 4 aliphatic rings. The van der Waals surface area contributed by atoms with Gasteiger partial charge in [-0.3, -0.25) is 0 Å². The van der Waals surface area contributed by atoms with Gasteiger partial charge in [-0.05, 0) is 12.8 Å². The van der Waals surface area contributed by atoms with Crippen LogP contribution in [0, 0.1) is 0 Å². The zero-order valence-electron chi connectivity index (χ0n) is 9.31. The first kappa shape index (κ1) is 9.32. The third kappa shape index (κ3) is 1.00. The molecular formula is C10H20N4P+. The molecule has 5 heteroatoms. The maximum atomic E-state index is 2.84. The average Bonchev–Trinajstić information content (AvgIpc) is 2.83. The molecule has 0 saturated carbocycles. The molecule has 0 aliphatic carbocycles. The zero-order valence-corrected chi connectivity index (χ0v) is 10.2. The summed E-state index contributed by atoms with van der Waals surface area (Å²) in [5.41, 5.74) is 0. The maximum absolute atomic E-state index is 2.84. The first-order valence-electron chi connectivity index (χ1n) is 6.33. The van der Waals surface area contributed by atoms with Crippen LogP contribution in [-0.4, -0.2) is 71.0 Å². The van der Waals surface area contributed by atoms with E-state index < -0.39 is 7.87 Å². The minimum atomic E-state index is -1.09. The fourth-order valence-corrected chi connectivity index (χ4v) is 9.14. The van der Waals surface area contributed by atoms with Crippen molar-refractivity contribution in [3.63, 3.8) is 0 Å². The maximum Gasteiger partial charge on any atom is 0.308 e. The summed E-state index contributed by atoms with van der Waals surface area (Å²) in [7, 11) is -1.09. The standard InChI is InChI=1S/C10H20N4P/c1-3-11-7-9-13-5-2-6-14-10-8-12(4-1)15(11,13)14/h1-10H2/q+1. The van der Waals surface area contributed by atoms with E-state index in [2.05, 4.69) is 18.7 Å². The van der Waals surface area contributed by atoms with E-state index in [1.807, 2.05) is 0 Å². The second-order valence-electron chi connectivity index (χ2n) is 5.06. The van der Waals surface area contributed by atoms with Crippen molar-refractivity contribution in [2.24, 2.45) is 0 Å². The van der Waals surface area contributed by atoms with E-state index in [0.717, 1.165) is 0 Å². The second kappa shape index (κ2) is 3.14. The van der Waals surface area contributed by atoms with Crippen LogP contribution < -0.4 is 0 Å². The lowest BCUT2D eigenvalue weighted by molar-refractivity contribution is 0.300. The molecule has 0 aromatic rings. The molecule has 1 spiro atoms. The molecule has 0 amide bonds. The summed E-state index contributed by atoms with van der Waals surface area (Å²) < 4.78 is 11.3. The van der Waals surface area contributed by atoms with Crippen molar-refractivity contribution >= 4 is 7.87 Å². The summed E-state index contributed by atoms with van der Waals surface area (Å²) in [5, 5.41) is 0. The third-order valence-electron chi connectivity index (χ3n) is 4.42. The highest BCUT2D eigenvalue weighted by molar-refractivity contribution is 7.67. The summed E-state index contributed by atoms with van der Waals surface area (Å²) >= 11 is 0. The van der Waals surface area contributed by atoms with Gasteiger partial charge < -0.3 is 0 Å². The van der Waals surface area contributed by atoms with Crippen molar-refractivity contribution < 1.29 is 0 Å². The van der Waals surface area contributed by atoms with Crippen LogP contribution in [0.25, 0.3) is 0 Å². The molecule has 4 aliphatic heterocycles. The molecule has 0 aromatic heterocycles. The van der Waals surface area contributed by atoms with E-state index in [1.165, 1.54) is 65.2 Å². The van der Waals surface area contributed by atoms with Crippen LogP contribution >= 0.6 is 7.87 Å². The predicted molar refractivity (Wildman–Crippen MR) is 62.4 cm³/mol. The Morgan fingerprint density at radius 3 is 1.13 bits per heavy atom. The van der Waals surface area contributed by atoms with Crippen molar-refractivity contribution in [3.05, 3.63) is 0 Å². The molecule has 0 atom stereocenters. The molecule has 4 nitrogen and oxygen atoms in total. The lowest BCUT2D eigenvalue weighted by Crippen LogP contribution is -2.48. The molecule has 4 heterocycles. The largest absolute Gasteiger partial charge is 0.308 e. The number of rotatable bonds is 0. The highest BCUT2D eigenvalue weighted by Crippen LogP contribution is 2.76. The lowest BCUT2D eigenvalue weighted by atomic mass is 10.3. The van der Waals surface area contributed by atoms with E-state index in [-0.39, 0.29) is 0 Å². The Labute approximate surface area is 92.3 Å². The fourth-order valence-electron chi connectivity index (χ4n) is 3.93. The van der Waals surface area contributed by atoms with Gasteiger partial charge in [-0.15, -0.1) is 18.7 Å². The summed E-state index contributed by atoms with van der Waals surface area (Å²) in [5.74, 6) is 0. The van der Waals surface area contributed by atoms with Crippen LogP contribution in [0.5, 0.6) is 0 Å². The fraction of sp³-hybridized carbons (Fsp3) is 1.00. The van der Waals surface area contributed by atoms with E-state index in [1.54, 1.807) is 0 Å². The van der Waals surface area contributed by atoms with Crippen LogP contribution in [0.4, 0.5) is 0 Å². The monoisotopic (exact) mass is 227 g/mol. The molecule has 0 N–H and O–H groups in total. The van der Waals surface area contributed by atoms with Gasteiger partial charge in [0.25, 0.3) is 0 Å². The highest BCUT2D eigenvalue weighted by atomic mass is 31.2. The Bertz CT molecular complexity index is 229. The minimum absolute atomic E-state index is 1.09. The van der Waals surface area contributed by atoms with Crippen molar-refractivity contribution in [1.29, 1.82) is 0 Å². The van der Waals surface area contributed by atoms with Crippen molar-refractivity contribution in [2.45, 2.75) is 12.8 Å². The van der Waals surface area contributed by atoms with Gasteiger partial charge in [-0.25, -0.2) is 0 Å². The smallest absolute Gasteiger partial charge is 0.132 e. The molecule has 15 heavy (non-hydrogen) atoms. The quantitative estimate of drug-likeness (QED) is 0.565. The Morgan fingerprint density at radius 2 is 0.800 bits per heavy atom. The van der Waals surface area contributed by atoms with Gasteiger partial charge in [0.2, 0.25) is 0 Å². The van der Waals surface area contributed by atoms with Gasteiger partial charge in [0, 0.05) is 26.2 Å². The minimum Gasteiger partial charge on any atom is -0.132 e. The van der Waals surface area contributed by atoms with Crippen molar-refractivity contribution in [3.8, 4) is 0 Å². The number of nitrogens with zero attached hydrogens (tertiary/aromatic N) is 4. The van der Waals surface area contributed by atoms with E-state index >= 15 is 0 Å². The van der Waals surface area contributed by atoms with Gasteiger partial charge >= 0.3 is 7.87 Å². The first-order chi connectivity index (χ1) is 7.42. The average molecular weight is 227 g/mol. The number of hydrogen-bond acceptors (Lipinski definition) is 4. The SMILES string of the molecule is C1CN2CCN3CCCN4CCN(C1)[P+]234. The van der Waals surface area contributed by atoms with Crippen LogP contribution in [0.1, 0.15) is 12.8 Å². The lowest BCUT2D eigenvalue weighted by Gasteiger charge is -2.46. The summed E-state index contributed by atoms with van der Waals surface area (Å²) in [6.45, 7) is 10.8. The van der Waals surface area contributed by atoms with Gasteiger partial charge in [0.05, 0.1) is 26.2 Å². The zero-order chi connectivity index (χ0) is 9.88. The molecule has 4 rings (SSSR count). The van der Waals surface area contributed by atoms with Crippen LogP contribution in [0.15, 0.2) is 0 Å². The topological polar surface area (TPSA) is 13.0 Å². The summed E-state index contributed by atoms with van der Waals surface area (Å²) in [4.78, 5) is 0. The summed E-state index contributed by atoms with van der Waals surface area (Å²) in [6, 6.07) is 0. The van der Waals surface area contributed by atoms with Crippen LogP contribution in [0.3, 0.4) is 0 Å². The molecule has 0 unspecified atom stereocenters. The normalized spacial score (nSPS) is 36.8. The molecule has 4 saturated heterocycles. The number of hydrogen-bond donors (Lipinski definition) is 0. The van der Waals surface area contributed by atoms with Gasteiger partial charge in [0.1, 0.15) is 0 Å². The molecular weight excluding hydrogens is 207 g/mol. The summed E-state index contributed by atoms with van der Waals surface area (Å²) in [6.07, 6.45) is 2.78. The van der Waals surface area contributed by atoms with Crippen molar-refractivity contribution in [2.75, 3.05) is 52.4 Å². The highest BCUT2D eigenvalue weighted by Gasteiger charge is 2.70. The molecule has 0 bridgehead atoms.